The molecule has 2 N–H and O–H groups in total. The van der Waals surface area contributed by atoms with Gasteiger partial charge in [0, 0.05) is 18.9 Å². The molecule has 19 heavy (non-hydrogen) atoms. The number of nitrogens with zero attached hydrogens (tertiary/aromatic N) is 1. The van der Waals surface area contributed by atoms with Crippen molar-refractivity contribution in [1.29, 1.82) is 0 Å². The third-order valence-electron chi connectivity index (χ3n) is 3.44. The van der Waals surface area contributed by atoms with Crippen molar-refractivity contribution >= 4 is 17.5 Å². The van der Waals surface area contributed by atoms with Crippen molar-refractivity contribution in [3.63, 3.8) is 0 Å². The first kappa shape index (κ1) is 13.7. The highest BCUT2D eigenvalue weighted by atomic mass is 16.2. The summed E-state index contributed by atoms with van der Waals surface area (Å²) < 4.78 is 0. The third kappa shape index (κ3) is 2.84. The lowest BCUT2D eigenvalue weighted by atomic mass is 9.81. The summed E-state index contributed by atoms with van der Waals surface area (Å²) in [6, 6.07) is 7.24. The molecule has 0 spiro atoms. The summed E-state index contributed by atoms with van der Waals surface area (Å²) in [5, 5.41) is 0. The number of anilines is 1. The Morgan fingerprint density at radius 1 is 1.11 bits per heavy atom. The van der Waals surface area contributed by atoms with Crippen molar-refractivity contribution in [3.05, 3.63) is 29.8 Å². The van der Waals surface area contributed by atoms with E-state index in [1.807, 2.05) is 32.9 Å². The Hall–Kier alpha value is -1.68. The smallest absolute Gasteiger partial charge is 0.234 e. The van der Waals surface area contributed by atoms with Gasteiger partial charge in [-0.05, 0) is 30.0 Å². The first-order chi connectivity index (χ1) is 8.80. The van der Waals surface area contributed by atoms with Crippen LogP contribution in [0.15, 0.2) is 24.3 Å². The highest BCUT2D eigenvalue weighted by Gasteiger charge is 2.38. The van der Waals surface area contributed by atoms with Crippen LogP contribution in [-0.4, -0.2) is 11.8 Å². The van der Waals surface area contributed by atoms with Gasteiger partial charge in [0.25, 0.3) is 0 Å². The molecule has 0 aliphatic carbocycles. The maximum Gasteiger partial charge on any atom is 0.234 e. The molecular formula is C15H20N2O2. The Balaban J connectivity index is 2.26. The lowest BCUT2D eigenvalue weighted by Gasteiger charge is -2.34. The summed E-state index contributed by atoms with van der Waals surface area (Å²) in [5.41, 5.74) is 7.17. The predicted molar refractivity (Wildman–Crippen MR) is 74.6 cm³/mol. The predicted octanol–water partition coefficient (Wildman–Crippen LogP) is 2.39. The number of imide groups is 1. The molecule has 1 aliphatic rings. The zero-order valence-corrected chi connectivity index (χ0v) is 11.6. The van der Waals surface area contributed by atoms with Crippen LogP contribution in [0.3, 0.4) is 0 Å². The minimum absolute atomic E-state index is 0.0549. The summed E-state index contributed by atoms with van der Waals surface area (Å²) in [4.78, 5) is 25.5. The second-order valence-corrected chi connectivity index (χ2v) is 6.02. The van der Waals surface area contributed by atoms with Gasteiger partial charge in [-0.2, -0.15) is 0 Å². The lowest BCUT2D eigenvalue weighted by molar-refractivity contribution is -0.132. The van der Waals surface area contributed by atoms with Crippen LogP contribution in [0.2, 0.25) is 0 Å². The van der Waals surface area contributed by atoms with Gasteiger partial charge < -0.3 is 5.73 Å². The first-order valence-corrected chi connectivity index (χ1v) is 6.51. The minimum atomic E-state index is -0.240. The molecule has 0 bridgehead atoms. The molecule has 1 fully saturated rings. The van der Waals surface area contributed by atoms with E-state index < -0.39 is 0 Å². The summed E-state index contributed by atoms with van der Waals surface area (Å²) >= 11 is 0. The van der Waals surface area contributed by atoms with Gasteiger partial charge in [-0.25, -0.2) is 0 Å². The van der Waals surface area contributed by atoms with E-state index >= 15 is 0 Å². The molecule has 0 saturated carbocycles. The van der Waals surface area contributed by atoms with Crippen LogP contribution >= 0.6 is 0 Å². The lowest BCUT2D eigenvalue weighted by Crippen LogP contribution is -2.46. The standard InChI is InChI=1S/C15H20N2O2/c1-10(16)11-4-6-12(7-5-11)17-13(18)8-15(2,3)9-14(17)19/h4-7,10H,8-9,16H2,1-3H3. The van der Waals surface area contributed by atoms with Crippen molar-refractivity contribution in [2.75, 3.05) is 4.90 Å². The summed E-state index contributed by atoms with van der Waals surface area (Å²) in [6.07, 6.45) is 0.793. The molecule has 1 unspecified atom stereocenters. The van der Waals surface area contributed by atoms with Crippen molar-refractivity contribution in [3.8, 4) is 0 Å². The second kappa shape index (κ2) is 4.78. The number of carbonyl (C=O) groups is 2. The minimum Gasteiger partial charge on any atom is -0.324 e. The maximum atomic E-state index is 12.1. The van der Waals surface area contributed by atoms with Gasteiger partial charge in [-0.15, -0.1) is 0 Å². The number of hydrogen-bond donors (Lipinski definition) is 1. The van der Waals surface area contributed by atoms with Gasteiger partial charge in [-0.1, -0.05) is 26.0 Å². The van der Waals surface area contributed by atoms with Crippen LogP contribution in [0.4, 0.5) is 5.69 Å². The van der Waals surface area contributed by atoms with Gasteiger partial charge in [-0.3, -0.25) is 14.5 Å². The van der Waals surface area contributed by atoms with Gasteiger partial charge >= 0.3 is 0 Å². The number of rotatable bonds is 2. The second-order valence-electron chi connectivity index (χ2n) is 6.02. The largest absolute Gasteiger partial charge is 0.324 e. The molecular weight excluding hydrogens is 240 g/mol. The SMILES string of the molecule is CC(N)c1ccc(N2C(=O)CC(C)(C)CC2=O)cc1. The summed E-state index contributed by atoms with van der Waals surface area (Å²) in [7, 11) is 0. The van der Waals surface area contributed by atoms with E-state index in [0.717, 1.165) is 5.56 Å². The fourth-order valence-corrected chi connectivity index (χ4v) is 2.39. The average Bonchev–Trinajstić information content (AvgIpc) is 2.26. The monoisotopic (exact) mass is 260 g/mol. The van der Waals surface area contributed by atoms with E-state index in [0.29, 0.717) is 18.5 Å². The molecule has 1 heterocycles. The van der Waals surface area contributed by atoms with Crippen molar-refractivity contribution < 1.29 is 9.59 Å². The summed E-state index contributed by atoms with van der Waals surface area (Å²) in [5.74, 6) is -0.260. The Morgan fingerprint density at radius 3 is 2.00 bits per heavy atom. The van der Waals surface area contributed by atoms with Crippen molar-refractivity contribution in [1.82, 2.24) is 0 Å². The number of nitrogens with two attached hydrogens (primary N) is 1. The zero-order valence-electron chi connectivity index (χ0n) is 11.6. The molecule has 1 atom stereocenters. The first-order valence-electron chi connectivity index (χ1n) is 6.51. The Morgan fingerprint density at radius 2 is 1.58 bits per heavy atom. The van der Waals surface area contributed by atoms with Crippen molar-refractivity contribution in [2.45, 2.75) is 39.7 Å². The summed E-state index contributed by atoms with van der Waals surface area (Å²) in [6.45, 7) is 5.79. The number of carbonyl (C=O) groups excluding carboxylic acids is 2. The van der Waals surface area contributed by atoms with Crippen LogP contribution in [-0.2, 0) is 9.59 Å². The Kier molecular flexibility index (Phi) is 3.45. The molecule has 102 valence electrons. The quantitative estimate of drug-likeness (QED) is 0.830. The fraction of sp³-hybridized carbons (Fsp3) is 0.467. The van der Waals surface area contributed by atoms with Gasteiger partial charge in [0.1, 0.15) is 0 Å². The fourth-order valence-electron chi connectivity index (χ4n) is 2.39. The number of piperidine rings is 1. The van der Waals surface area contributed by atoms with E-state index in [1.165, 1.54) is 4.90 Å². The van der Waals surface area contributed by atoms with Crippen LogP contribution in [0.25, 0.3) is 0 Å². The van der Waals surface area contributed by atoms with E-state index in [9.17, 15) is 9.59 Å². The van der Waals surface area contributed by atoms with Crippen LogP contribution in [0.5, 0.6) is 0 Å². The number of amides is 2. The Labute approximate surface area is 113 Å². The van der Waals surface area contributed by atoms with Gasteiger partial charge in [0.15, 0.2) is 0 Å². The molecule has 0 aromatic heterocycles. The van der Waals surface area contributed by atoms with Crippen LogP contribution < -0.4 is 10.6 Å². The van der Waals surface area contributed by atoms with E-state index in [1.54, 1.807) is 12.1 Å². The normalized spacial score (nSPS) is 20.5. The van der Waals surface area contributed by atoms with Gasteiger partial charge in [0.05, 0.1) is 5.69 Å². The van der Waals surface area contributed by atoms with E-state index in [-0.39, 0.29) is 23.3 Å². The molecule has 2 rings (SSSR count). The third-order valence-corrected chi connectivity index (χ3v) is 3.44. The molecule has 0 radical (unpaired) electrons. The molecule has 1 aromatic carbocycles. The van der Waals surface area contributed by atoms with Crippen LogP contribution in [0.1, 0.15) is 45.2 Å². The van der Waals surface area contributed by atoms with Gasteiger partial charge in [0.2, 0.25) is 11.8 Å². The topological polar surface area (TPSA) is 63.4 Å². The Bertz CT molecular complexity index is 483. The van der Waals surface area contributed by atoms with E-state index in [4.69, 9.17) is 5.73 Å². The average molecular weight is 260 g/mol. The molecule has 1 saturated heterocycles. The number of hydrogen-bond acceptors (Lipinski definition) is 3. The molecule has 1 aromatic rings. The highest BCUT2D eigenvalue weighted by Crippen LogP contribution is 2.34. The maximum absolute atomic E-state index is 12.1. The molecule has 4 heteroatoms. The van der Waals surface area contributed by atoms with E-state index in [2.05, 4.69) is 0 Å². The number of benzene rings is 1. The highest BCUT2D eigenvalue weighted by molar-refractivity contribution is 6.16. The molecule has 1 aliphatic heterocycles. The molecule has 2 amide bonds. The molecule has 4 nitrogen and oxygen atoms in total. The zero-order chi connectivity index (χ0) is 14.2. The van der Waals surface area contributed by atoms with Crippen LogP contribution in [0, 0.1) is 5.41 Å². The van der Waals surface area contributed by atoms with Crippen molar-refractivity contribution in [2.24, 2.45) is 11.1 Å².